The van der Waals surface area contributed by atoms with Crippen LogP contribution >= 0.6 is 11.5 Å². The van der Waals surface area contributed by atoms with Crippen molar-refractivity contribution in [3.63, 3.8) is 0 Å². The van der Waals surface area contributed by atoms with Gasteiger partial charge in [-0.15, -0.1) is 0 Å². The minimum atomic E-state index is -3.13. The molecule has 7 heteroatoms. The predicted octanol–water partition coefficient (Wildman–Crippen LogP) is 1.88. The van der Waals surface area contributed by atoms with Crippen molar-refractivity contribution in [2.75, 3.05) is 18.5 Å². The minimum absolute atomic E-state index is 0.198. The summed E-state index contributed by atoms with van der Waals surface area (Å²) >= 11 is 1.04. The van der Waals surface area contributed by atoms with Crippen LogP contribution in [0.3, 0.4) is 0 Å². The molecule has 2 N–H and O–H groups in total. The Hall–Kier alpha value is -0.820. The van der Waals surface area contributed by atoms with E-state index in [-0.39, 0.29) is 5.41 Å². The number of anilines is 1. The molecule has 0 bridgehead atoms. The van der Waals surface area contributed by atoms with Crippen LogP contribution in [-0.4, -0.2) is 33.5 Å². The van der Waals surface area contributed by atoms with E-state index in [0.29, 0.717) is 11.0 Å². The normalized spacial score (nSPS) is 12.9. The standard InChI is InChI=1S/C9H15F2N3OS/c1-8(2,3)6-13-7(16-14-6)12-4-9(10,11)5-15/h15H,4-5H2,1-3H3,(H,12,13,14). The number of nitrogens with zero attached hydrogens (tertiary/aromatic N) is 2. The number of nitrogens with one attached hydrogen (secondary N) is 1. The van der Waals surface area contributed by atoms with Crippen LogP contribution in [0.15, 0.2) is 0 Å². The number of hydrogen-bond donors (Lipinski definition) is 2. The SMILES string of the molecule is CC(C)(C)c1nsc(NCC(F)(F)CO)n1. The highest BCUT2D eigenvalue weighted by atomic mass is 32.1. The van der Waals surface area contributed by atoms with Crippen molar-refractivity contribution in [3.05, 3.63) is 5.82 Å². The lowest BCUT2D eigenvalue weighted by atomic mass is 9.96. The Labute approximate surface area is 96.9 Å². The molecule has 0 spiro atoms. The summed E-state index contributed by atoms with van der Waals surface area (Å²) < 4.78 is 29.5. The van der Waals surface area contributed by atoms with Gasteiger partial charge in [0.05, 0.1) is 6.54 Å². The fourth-order valence-electron chi connectivity index (χ4n) is 0.861. The summed E-state index contributed by atoms with van der Waals surface area (Å²) in [4.78, 5) is 4.10. The van der Waals surface area contributed by atoms with Crippen molar-refractivity contribution >= 4 is 16.7 Å². The monoisotopic (exact) mass is 251 g/mol. The molecular formula is C9H15F2N3OS. The Morgan fingerprint density at radius 2 is 2.00 bits per heavy atom. The van der Waals surface area contributed by atoms with Gasteiger partial charge in [-0.3, -0.25) is 0 Å². The van der Waals surface area contributed by atoms with Crippen molar-refractivity contribution in [1.29, 1.82) is 0 Å². The van der Waals surface area contributed by atoms with E-state index in [2.05, 4.69) is 14.7 Å². The zero-order valence-corrected chi connectivity index (χ0v) is 10.2. The molecule has 0 radical (unpaired) electrons. The van der Waals surface area contributed by atoms with Gasteiger partial charge in [0.15, 0.2) is 0 Å². The molecule has 0 unspecified atom stereocenters. The highest BCUT2D eigenvalue weighted by Crippen LogP contribution is 2.23. The first-order valence-corrected chi connectivity index (χ1v) is 5.59. The number of aliphatic hydroxyl groups is 1. The van der Waals surface area contributed by atoms with E-state index in [9.17, 15) is 8.78 Å². The number of alkyl halides is 2. The van der Waals surface area contributed by atoms with Crippen molar-refractivity contribution in [2.24, 2.45) is 0 Å². The van der Waals surface area contributed by atoms with Crippen LogP contribution in [0.4, 0.5) is 13.9 Å². The van der Waals surface area contributed by atoms with Gasteiger partial charge in [0.1, 0.15) is 12.4 Å². The van der Waals surface area contributed by atoms with Gasteiger partial charge in [0.2, 0.25) is 5.13 Å². The quantitative estimate of drug-likeness (QED) is 0.857. The van der Waals surface area contributed by atoms with Gasteiger partial charge in [0.25, 0.3) is 5.92 Å². The Bertz CT molecular complexity index is 349. The maximum Gasteiger partial charge on any atom is 0.287 e. The zero-order chi connectivity index (χ0) is 12.4. The second-order valence-electron chi connectivity index (χ2n) is 4.54. The molecule has 92 valence electrons. The summed E-state index contributed by atoms with van der Waals surface area (Å²) in [6, 6.07) is 0. The minimum Gasteiger partial charge on any atom is -0.390 e. The summed E-state index contributed by atoms with van der Waals surface area (Å²) in [7, 11) is 0. The highest BCUT2D eigenvalue weighted by molar-refractivity contribution is 7.09. The second-order valence-corrected chi connectivity index (χ2v) is 5.29. The third-order valence-electron chi connectivity index (χ3n) is 1.83. The molecular weight excluding hydrogens is 236 g/mol. The molecule has 0 aliphatic heterocycles. The molecule has 1 aromatic rings. The molecule has 0 aliphatic carbocycles. The van der Waals surface area contributed by atoms with E-state index in [1.807, 2.05) is 20.8 Å². The third-order valence-corrected chi connectivity index (χ3v) is 2.50. The Morgan fingerprint density at radius 1 is 1.38 bits per heavy atom. The number of aromatic nitrogens is 2. The molecule has 4 nitrogen and oxygen atoms in total. The Balaban J connectivity index is 2.60. The molecule has 0 aliphatic rings. The van der Waals surface area contributed by atoms with Crippen LogP contribution in [0.1, 0.15) is 26.6 Å². The number of aliphatic hydroxyl groups excluding tert-OH is 1. The fraction of sp³-hybridized carbons (Fsp3) is 0.778. The topological polar surface area (TPSA) is 58.0 Å². The van der Waals surface area contributed by atoms with Gasteiger partial charge in [-0.1, -0.05) is 20.8 Å². The van der Waals surface area contributed by atoms with Crippen molar-refractivity contribution in [3.8, 4) is 0 Å². The van der Waals surface area contributed by atoms with Crippen LogP contribution < -0.4 is 5.32 Å². The van der Waals surface area contributed by atoms with Crippen LogP contribution in [0.25, 0.3) is 0 Å². The van der Waals surface area contributed by atoms with E-state index < -0.39 is 19.1 Å². The molecule has 0 fully saturated rings. The van der Waals surface area contributed by atoms with Crippen molar-refractivity contribution in [1.82, 2.24) is 9.36 Å². The van der Waals surface area contributed by atoms with Gasteiger partial charge in [-0.25, -0.2) is 13.8 Å². The maximum absolute atomic E-state index is 12.7. The highest BCUT2D eigenvalue weighted by Gasteiger charge is 2.28. The molecule has 1 rings (SSSR count). The largest absolute Gasteiger partial charge is 0.390 e. The van der Waals surface area contributed by atoms with E-state index in [4.69, 9.17) is 5.11 Å². The van der Waals surface area contributed by atoms with Crippen LogP contribution in [0, 0.1) is 0 Å². The zero-order valence-electron chi connectivity index (χ0n) is 9.42. The van der Waals surface area contributed by atoms with Gasteiger partial charge in [-0.2, -0.15) is 4.37 Å². The van der Waals surface area contributed by atoms with Gasteiger partial charge >= 0.3 is 0 Å². The summed E-state index contributed by atoms with van der Waals surface area (Å²) in [6.45, 7) is 4.02. The molecule has 16 heavy (non-hydrogen) atoms. The van der Waals surface area contributed by atoms with Crippen LogP contribution in [0.2, 0.25) is 0 Å². The number of hydrogen-bond acceptors (Lipinski definition) is 5. The number of rotatable bonds is 4. The first kappa shape index (κ1) is 13.2. The first-order chi connectivity index (χ1) is 7.24. The van der Waals surface area contributed by atoms with Gasteiger partial charge < -0.3 is 10.4 Å². The third kappa shape index (κ3) is 3.64. The van der Waals surface area contributed by atoms with Crippen molar-refractivity contribution < 1.29 is 13.9 Å². The summed E-state index contributed by atoms with van der Waals surface area (Å²) in [6.07, 6.45) is 0. The lowest BCUT2D eigenvalue weighted by Gasteiger charge is -2.13. The fourth-order valence-corrected chi connectivity index (χ4v) is 1.61. The van der Waals surface area contributed by atoms with Gasteiger partial charge in [-0.05, 0) is 0 Å². The van der Waals surface area contributed by atoms with E-state index in [1.165, 1.54) is 0 Å². The number of halogens is 2. The summed E-state index contributed by atoms with van der Waals surface area (Å²) in [5.41, 5.74) is -0.198. The van der Waals surface area contributed by atoms with Gasteiger partial charge in [0, 0.05) is 16.9 Å². The molecule has 0 aromatic carbocycles. The lowest BCUT2D eigenvalue weighted by Crippen LogP contribution is -2.31. The smallest absolute Gasteiger partial charge is 0.287 e. The Morgan fingerprint density at radius 3 is 2.44 bits per heavy atom. The van der Waals surface area contributed by atoms with Crippen molar-refractivity contribution in [2.45, 2.75) is 32.1 Å². The van der Waals surface area contributed by atoms with E-state index in [1.54, 1.807) is 0 Å². The van der Waals surface area contributed by atoms with Crippen LogP contribution in [-0.2, 0) is 5.41 Å². The molecule has 0 saturated heterocycles. The van der Waals surface area contributed by atoms with E-state index >= 15 is 0 Å². The molecule has 0 atom stereocenters. The van der Waals surface area contributed by atoms with Crippen LogP contribution in [0.5, 0.6) is 0 Å². The molecule has 1 heterocycles. The van der Waals surface area contributed by atoms with E-state index in [0.717, 1.165) is 11.5 Å². The maximum atomic E-state index is 12.7. The predicted molar refractivity (Wildman–Crippen MR) is 59.1 cm³/mol. The average Bonchev–Trinajstić information content (AvgIpc) is 2.63. The first-order valence-electron chi connectivity index (χ1n) is 4.81. The molecule has 0 saturated carbocycles. The lowest BCUT2D eigenvalue weighted by molar-refractivity contribution is -0.0372. The average molecular weight is 251 g/mol. The second kappa shape index (κ2) is 4.58. The summed E-state index contributed by atoms with van der Waals surface area (Å²) in [5.74, 6) is -2.51. The Kier molecular flexibility index (Phi) is 3.80. The molecule has 0 amide bonds. The summed E-state index contributed by atoms with van der Waals surface area (Å²) in [5, 5.41) is 11.2. The molecule has 1 aromatic heterocycles.